The van der Waals surface area contributed by atoms with Crippen molar-refractivity contribution in [1.29, 1.82) is 0 Å². The molecule has 1 aliphatic carbocycles. The van der Waals surface area contributed by atoms with Crippen LogP contribution in [0.25, 0.3) is 0 Å². The van der Waals surface area contributed by atoms with Crippen molar-refractivity contribution in [1.82, 2.24) is 20.1 Å². The average molecular weight is 483 g/mol. The predicted molar refractivity (Wildman–Crippen MR) is 132 cm³/mol. The molecule has 2 unspecified atom stereocenters. The van der Waals surface area contributed by atoms with Gasteiger partial charge in [-0.25, -0.2) is 4.79 Å². The molecule has 10 heteroatoms. The smallest absolute Gasteiger partial charge is 0.407 e. The Morgan fingerprint density at radius 1 is 1.32 bits per heavy atom. The van der Waals surface area contributed by atoms with Crippen molar-refractivity contribution in [3.8, 4) is 0 Å². The second kappa shape index (κ2) is 10.7. The first-order valence-electron chi connectivity index (χ1n) is 11.5. The minimum absolute atomic E-state index is 0.00395. The molecule has 4 rings (SSSR count). The number of amides is 2. The van der Waals surface area contributed by atoms with Crippen LogP contribution in [-0.4, -0.2) is 32.9 Å². The molecule has 1 aliphatic rings. The molecule has 3 aromatic rings. The van der Waals surface area contributed by atoms with Gasteiger partial charge in [0.2, 0.25) is 5.91 Å². The maximum absolute atomic E-state index is 12.6. The number of aryl methyl sites for hydroxylation is 1. The van der Waals surface area contributed by atoms with Gasteiger partial charge in [0.15, 0.2) is 0 Å². The zero-order chi connectivity index (χ0) is 24.1. The second-order valence-electron chi connectivity index (χ2n) is 8.42. The van der Waals surface area contributed by atoms with Crippen molar-refractivity contribution >= 4 is 34.0 Å². The van der Waals surface area contributed by atoms with Crippen molar-refractivity contribution in [3.63, 3.8) is 0 Å². The Hall–Kier alpha value is -3.40. The van der Waals surface area contributed by atoms with Gasteiger partial charge in [0.05, 0.1) is 17.9 Å². The fourth-order valence-electron chi connectivity index (χ4n) is 4.15. The molecule has 180 valence electrons. The van der Waals surface area contributed by atoms with Crippen LogP contribution in [0.3, 0.4) is 0 Å². The van der Waals surface area contributed by atoms with Crippen molar-refractivity contribution in [2.24, 2.45) is 0 Å². The van der Waals surface area contributed by atoms with Crippen molar-refractivity contribution in [3.05, 3.63) is 58.5 Å². The van der Waals surface area contributed by atoms with E-state index < -0.39 is 6.09 Å². The third-order valence-electron chi connectivity index (χ3n) is 5.99. The number of fused-ring (bicyclic) bond motifs is 1. The summed E-state index contributed by atoms with van der Waals surface area (Å²) in [6, 6.07) is 7.57. The number of rotatable bonds is 8. The fraction of sp³-hybridized carbons (Fsp3) is 0.417. The van der Waals surface area contributed by atoms with Gasteiger partial charge in [-0.3, -0.25) is 14.5 Å². The maximum atomic E-state index is 12.6. The van der Waals surface area contributed by atoms with Crippen LogP contribution in [0.4, 0.5) is 15.5 Å². The number of nitrogens with zero attached hydrogens (tertiary/aromatic N) is 3. The summed E-state index contributed by atoms with van der Waals surface area (Å²) in [5, 5.41) is 10.6. The van der Waals surface area contributed by atoms with E-state index in [1.807, 2.05) is 42.8 Å². The van der Waals surface area contributed by atoms with E-state index in [4.69, 9.17) is 10.5 Å². The number of carbonyl (C=O) groups is 2. The Balaban J connectivity index is 1.30. The Morgan fingerprint density at radius 2 is 2.18 bits per heavy atom. The summed E-state index contributed by atoms with van der Waals surface area (Å²) in [5.74, 6) is -0.0915. The Bertz CT molecular complexity index is 1140. The van der Waals surface area contributed by atoms with Gasteiger partial charge in [0.25, 0.3) is 0 Å². The third kappa shape index (κ3) is 5.56. The van der Waals surface area contributed by atoms with Crippen molar-refractivity contribution < 1.29 is 14.3 Å². The summed E-state index contributed by atoms with van der Waals surface area (Å²) in [6.07, 6.45) is 5.08. The minimum Gasteiger partial charge on any atom is -0.446 e. The van der Waals surface area contributed by atoms with Gasteiger partial charge < -0.3 is 21.1 Å². The van der Waals surface area contributed by atoms with Crippen LogP contribution >= 0.6 is 11.3 Å². The molecule has 9 nitrogen and oxygen atoms in total. The van der Waals surface area contributed by atoms with Gasteiger partial charge in [-0.05, 0) is 43.5 Å². The second-order valence-corrected chi connectivity index (χ2v) is 9.52. The largest absolute Gasteiger partial charge is 0.446 e. The van der Waals surface area contributed by atoms with E-state index in [0.29, 0.717) is 42.9 Å². The molecule has 2 amide bonds. The molecule has 3 aromatic heterocycles. The van der Waals surface area contributed by atoms with E-state index in [1.54, 1.807) is 12.4 Å². The Labute approximate surface area is 202 Å². The lowest BCUT2D eigenvalue weighted by Crippen LogP contribution is -2.32. The maximum Gasteiger partial charge on any atom is 0.407 e. The fourth-order valence-corrected chi connectivity index (χ4v) is 5.40. The number of hydrogen-bond acceptors (Lipinski definition) is 7. The number of nitrogens with two attached hydrogens (primary N) is 1. The number of hydrogen-bond donors (Lipinski definition) is 3. The van der Waals surface area contributed by atoms with E-state index in [9.17, 15) is 9.59 Å². The molecule has 0 aromatic carbocycles. The Kier molecular flexibility index (Phi) is 7.46. The van der Waals surface area contributed by atoms with Gasteiger partial charge in [-0.2, -0.15) is 5.10 Å². The topological polar surface area (TPSA) is 124 Å². The third-order valence-corrected chi connectivity index (χ3v) is 7.18. The summed E-state index contributed by atoms with van der Waals surface area (Å²) in [6.45, 7) is 5.08. The first kappa shape index (κ1) is 23.7. The molecular formula is C24H30N6O3S. The predicted octanol–water partition coefficient (Wildman–Crippen LogP) is 3.86. The van der Waals surface area contributed by atoms with Crippen LogP contribution in [0.2, 0.25) is 0 Å². The van der Waals surface area contributed by atoms with Gasteiger partial charge in [0.1, 0.15) is 11.1 Å². The summed E-state index contributed by atoms with van der Waals surface area (Å²) in [7, 11) is 0. The molecule has 0 saturated heterocycles. The quantitative estimate of drug-likeness (QED) is 0.448. The highest BCUT2D eigenvalue weighted by atomic mass is 32.1. The van der Waals surface area contributed by atoms with Crippen LogP contribution in [0.1, 0.15) is 54.4 Å². The molecule has 0 radical (unpaired) electrons. The number of alkyl carbamates (subject to hydrolysis) is 1. The molecule has 4 N–H and O–H groups in total. The Morgan fingerprint density at radius 3 is 2.94 bits per heavy atom. The first-order valence-corrected chi connectivity index (χ1v) is 12.3. The number of carbonyl (C=O) groups excluding carboxylic acids is 2. The molecule has 34 heavy (non-hydrogen) atoms. The highest BCUT2D eigenvalue weighted by Gasteiger charge is 2.27. The van der Waals surface area contributed by atoms with E-state index in [2.05, 4.69) is 20.7 Å². The summed E-state index contributed by atoms with van der Waals surface area (Å²) in [4.78, 5) is 30.3. The average Bonchev–Trinajstić information content (AvgIpc) is 3.42. The highest BCUT2D eigenvalue weighted by molar-refractivity contribution is 7.17. The van der Waals surface area contributed by atoms with E-state index in [1.165, 1.54) is 11.3 Å². The molecule has 0 saturated carbocycles. The van der Waals surface area contributed by atoms with E-state index in [0.717, 1.165) is 28.4 Å². The van der Waals surface area contributed by atoms with E-state index in [-0.39, 0.29) is 17.9 Å². The van der Waals surface area contributed by atoms with Gasteiger partial charge in [-0.15, -0.1) is 11.3 Å². The van der Waals surface area contributed by atoms with Gasteiger partial charge >= 0.3 is 6.09 Å². The SMILES string of the molecule is CCn1nccc1CNC(=O)OC1CCc2c(sc(NC(=O)CC(C)c3ccccn3)c2N)C1. The van der Waals surface area contributed by atoms with Gasteiger partial charge in [-0.1, -0.05) is 13.0 Å². The van der Waals surface area contributed by atoms with Crippen LogP contribution < -0.4 is 16.4 Å². The zero-order valence-electron chi connectivity index (χ0n) is 19.4. The molecule has 2 atom stereocenters. The molecule has 3 heterocycles. The molecule has 0 fully saturated rings. The lowest BCUT2D eigenvalue weighted by atomic mass is 9.95. The van der Waals surface area contributed by atoms with Crippen LogP contribution in [0.5, 0.6) is 0 Å². The summed E-state index contributed by atoms with van der Waals surface area (Å²) in [5.41, 5.74) is 9.82. The highest BCUT2D eigenvalue weighted by Crippen LogP contribution is 2.41. The lowest BCUT2D eigenvalue weighted by molar-refractivity contribution is -0.116. The summed E-state index contributed by atoms with van der Waals surface area (Å²) < 4.78 is 7.47. The number of nitrogen functional groups attached to an aromatic ring is 1. The van der Waals surface area contributed by atoms with E-state index >= 15 is 0 Å². The first-order chi connectivity index (χ1) is 16.4. The molecule has 0 bridgehead atoms. The molecule has 0 spiro atoms. The standard InChI is InChI=1S/C24H30N6O3S/c1-3-30-16(9-11-28-30)14-27-24(32)33-17-7-8-18-20(13-17)34-23(22(18)25)29-21(31)12-15(2)19-6-4-5-10-26-19/h4-6,9-11,15,17H,3,7-8,12-14,25H2,1-2H3,(H,27,32)(H,29,31). The lowest BCUT2D eigenvalue weighted by Gasteiger charge is -2.22. The molecule has 0 aliphatic heterocycles. The number of ether oxygens (including phenoxy) is 1. The minimum atomic E-state index is -0.445. The van der Waals surface area contributed by atoms with Crippen molar-refractivity contribution in [2.45, 2.75) is 64.6 Å². The number of anilines is 2. The monoisotopic (exact) mass is 482 g/mol. The van der Waals surface area contributed by atoms with Crippen LogP contribution in [-0.2, 0) is 35.5 Å². The number of thiophene rings is 1. The normalized spacial score (nSPS) is 15.9. The number of aromatic nitrogens is 3. The summed E-state index contributed by atoms with van der Waals surface area (Å²) >= 11 is 1.46. The number of nitrogens with one attached hydrogen (secondary N) is 2. The van der Waals surface area contributed by atoms with Gasteiger partial charge in [0, 0.05) is 48.3 Å². The van der Waals surface area contributed by atoms with Crippen LogP contribution in [0.15, 0.2) is 36.7 Å². The van der Waals surface area contributed by atoms with Crippen molar-refractivity contribution in [2.75, 3.05) is 11.1 Å². The molecular weight excluding hydrogens is 452 g/mol. The zero-order valence-corrected chi connectivity index (χ0v) is 20.2. The number of pyridine rings is 1. The van der Waals surface area contributed by atoms with Crippen LogP contribution in [0, 0.1) is 0 Å².